The van der Waals surface area contributed by atoms with Crippen LogP contribution < -0.4 is 4.74 Å². The Morgan fingerprint density at radius 2 is 2.00 bits per heavy atom. The maximum atomic E-state index is 12.4. The van der Waals surface area contributed by atoms with Crippen LogP contribution in [0, 0.1) is 5.92 Å². The number of benzene rings is 1. The summed E-state index contributed by atoms with van der Waals surface area (Å²) in [5, 5.41) is 11.0. The number of hydrogen-bond acceptors (Lipinski definition) is 5. The van der Waals surface area contributed by atoms with Crippen molar-refractivity contribution < 1.29 is 19.4 Å². The van der Waals surface area contributed by atoms with Crippen molar-refractivity contribution in [2.24, 2.45) is 5.92 Å². The van der Waals surface area contributed by atoms with Crippen molar-refractivity contribution in [1.29, 1.82) is 0 Å². The molecule has 0 aromatic heterocycles. The van der Waals surface area contributed by atoms with E-state index in [9.17, 15) is 9.90 Å². The first-order chi connectivity index (χ1) is 12.1. The fraction of sp³-hybridized carbons (Fsp3) is 0.550. The van der Waals surface area contributed by atoms with Gasteiger partial charge in [-0.15, -0.1) is 0 Å². The molecule has 1 N–H and O–H groups in total. The normalized spacial score (nSPS) is 34.4. The van der Waals surface area contributed by atoms with E-state index in [1.165, 1.54) is 0 Å². The van der Waals surface area contributed by atoms with E-state index in [1.54, 1.807) is 14.2 Å². The van der Waals surface area contributed by atoms with Gasteiger partial charge in [-0.1, -0.05) is 12.1 Å². The Hall–Kier alpha value is -1.85. The van der Waals surface area contributed by atoms with E-state index in [0.29, 0.717) is 19.3 Å². The maximum Gasteiger partial charge on any atom is 0.138 e. The molecule has 3 aliphatic rings. The largest absolute Gasteiger partial charge is 0.499 e. The number of nitrogens with zero attached hydrogens (tertiary/aromatic N) is 1. The van der Waals surface area contributed by atoms with Crippen LogP contribution in [0.25, 0.3) is 0 Å². The first kappa shape index (κ1) is 16.6. The van der Waals surface area contributed by atoms with Crippen LogP contribution in [-0.2, 0) is 16.0 Å². The molecule has 1 aromatic carbocycles. The number of aliphatic hydroxyl groups is 1. The maximum absolute atomic E-state index is 12.4. The Labute approximate surface area is 148 Å². The summed E-state index contributed by atoms with van der Waals surface area (Å²) in [6.07, 6.45) is 4.17. The summed E-state index contributed by atoms with van der Waals surface area (Å²) in [6.45, 7) is 0.766. The second kappa shape index (κ2) is 6.15. The Kier molecular flexibility index (Phi) is 4.08. The molecule has 134 valence electrons. The number of carbonyl (C=O) groups excluding carboxylic acids is 1. The minimum Gasteiger partial charge on any atom is -0.499 e. The zero-order valence-corrected chi connectivity index (χ0v) is 14.8. The average Bonchev–Trinajstić information content (AvgIpc) is 2.99. The second-order valence-electron chi connectivity index (χ2n) is 7.34. The molecule has 1 aliphatic carbocycles. The highest BCUT2D eigenvalue weighted by Crippen LogP contribution is 2.50. The van der Waals surface area contributed by atoms with Crippen LogP contribution >= 0.6 is 0 Å². The van der Waals surface area contributed by atoms with Crippen molar-refractivity contribution >= 4 is 5.78 Å². The summed E-state index contributed by atoms with van der Waals surface area (Å²) in [4.78, 5) is 14.8. The Balaban J connectivity index is 1.65. The minimum absolute atomic E-state index is 0.0831. The monoisotopic (exact) mass is 343 g/mol. The Morgan fingerprint density at radius 1 is 1.24 bits per heavy atom. The predicted molar refractivity (Wildman–Crippen MR) is 93.4 cm³/mol. The van der Waals surface area contributed by atoms with Gasteiger partial charge in [0.2, 0.25) is 0 Å². The molecule has 2 heterocycles. The van der Waals surface area contributed by atoms with Crippen LogP contribution in [0.1, 0.15) is 24.8 Å². The van der Waals surface area contributed by atoms with Crippen LogP contribution in [-0.4, -0.2) is 54.2 Å². The smallest absolute Gasteiger partial charge is 0.138 e. The molecule has 1 saturated carbocycles. The number of hydrogen-bond donors (Lipinski definition) is 1. The number of ether oxygens (including phenoxy) is 2. The highest BCUT2D eigenvalue weighted by atomic mass is 16.5. The second-order valence-corrected chi connectivity index (χ2v) is 7.34. The lowest BCUT2D eigenvalue weighted by atomic mass is 9.66. The molecule has 2 fully saturated rings. The van der Waals surface area contributed by atoms with Crippen molar-refractivity contribution in [3.63, 3.8) is 0 Å². The molecule has 4 rings (SSSR count). The average molecular weight is 343 g/mol. The summed E-state index contributed by atoms with van der Waals surface area (Å²) >= 11 is 0. The van der Waals surface area contributed by atoms with Gasteiger partial charge in [0.1, 0.15) is 17.3 Å². The minimum atomic E-state index is -0.632. The molecule has 0 amide bonds. The van der Waals surface area contributed by atoms with Crippen molar-refractivity contribution in [2.75, 3.05) is 20.8 Å². The number of aliphatic hydroxyl groups excluding tert-OH is 1. The van der Waals surface area contributed by atoms with Gasteiger partial charge in [-0.05, 0) is 43.0 Å². The summed E-state index contributed by atoms with van der Waals surface area (Å²) in [7, 11) is 3.36. The van der Waals surface area contributed by atoms with Gasteiger partial charge in [0, 0.05) is 24.9 Å². The van der Waals surface area contributed by atoms with Crippen LogP contribution in [0.3, 0.4) is 0 Å². The fourth-order valence-electron chi connectivity index (χ4n) is 4.99. The molecule has 5 heteroatoms. The predicted octanol–water partition coefficient (Wildman–Crippen LogP) is 1.93. The first-order valence-electron chi connectivity index (χ1n) is 8.94. The third-order valence-corrected chi connectivity index (χ3v) is 6.27. The number of fused-ring (bicyclic) bond motifs is 1. The van der Waals surface area contributed by atoms with Gasteiger partial charge in [0.25, 0.3) is 0 Å². The van der Waals surface area contributed by atoms with Gasteiger partial charge < -0.3 is 14.6 Å². The van der Waals surface area contributed by atoms with Crippen molar-refractivity contribution in [2.45, 2.75) is 43.4 Å². The topological polar surface area (TPSA) is 59.0 Å². The molecule has 0 radical (unpaired) electrons. The first-order valence-corrected chi connectivity index (χ1v) is 8.94. The van der Waals surface area contributed by atoms with Gasteiger partial charge >= 0.3 is 0 Å². The Morgan fingerprint density at radius 3 is 2.68 bits per heavy atom. The van der Waals surface area contributed by atoms with Crippen LogP contribution in [0.2, 0.25) is 0 Å². The molecule has 1 aromatic rings. The summed E-state index contributed by atoms with van der Waals surface area (Å²) < 4.78 is 10.9. The van der Waals surface area contributed by atoms with E-state index in [2.05, 4.69) is 11.0 Å². The van der Waals surface area contributed by atoms with E-state index in [-0.39, 0.29) is 23.3 Å². The zero-order chi connectivity index (χ0) is 17.6. The highest BCUT2D eigenvalue weighted by molar-refractivity contribution is 5.83. The van der Waals surface area contributed by atoms with Crippen LogP contribution in [0.15, 0.2) is 36.1 Å². The van der Waals surface area contributed by atoms with E-state index in [0.717, 1.165) is 30.0 Å². The van der Waals surface area contributed by atoms with Gasteiger partial charge in [-0.25, -0.2) is 0 Å². The lowest BCUT2D eigenvalue weighted by molar-refractivity contribution is -0.150. The van der Waals surface area contributed by atoms with E-state index < -0.39 is 6.10 Å². The Bertz CT molecular complexity index is 698. The molecule has 4 atom stereocenters. The van der Waals surface area contributed by atoms with E-state index in [4.69, 9.17) is 9.47 Å². The molecule has 1 spiro atoms. The van der Waals surface area contributed by atoms with Crippen LogP contribution in [0.4, 0.5) is 0 Å². The number of methoxy groups -OCH3 is 2. The number of piperidine rings is 1. The standard InChI is InChI=1S/C20H25NO4/c1-24-14-5-3-13(4-6-14)11-16-19(23)15-12-20(9-7-17(15)22)18(25-2)8-10-21(16)20/h3-6,8,15-16,19,23H,7,9-12H2,1-2H3/t15-,16-,19+,20-/m0/s1. The quantitative estimate of drug-likeness (QED) is 0.905. The third kappa shape index (κ3) is 2.49. The molecule has 1 saturated heterocycles. The number of carbonyl (C=O) groups is 1. The van der Waals surface area contributed by atoms with Crippen molar-refractivity contribution in [1.82, 2.24) is 4.90 Å². The lowest BCUT2D eigenvalue weighted by Crippen LogP contribution is -2.66. The lowest BCUT2D eigenvalue weighted by Gasteiger charge is -2.55. The molecule has 2 bridgehead atoms. The van der Waals surface area contributed by atoms with Gasteiger partial charge in [-0.2, -0.15) is 0 Å². The molecular weight excluding hydrogens is 318 g/mol. The molecule has 5 nitrogen and oxygen atoms in total. The number of rotatable bonds is 4. The van der Waals surface area contributed by atoms with Crippen molar-refractivity contribution in [3.8, 4) is 5.75 Å². The summed E-state index contributed by atoms with van der Waals surface area (Å²) in [6, 6.07) is 7.86. The molecular formula is C20H25NO4. The number of ketones is 1. The van der Waals surface area contributed by atoms with Gasteiger partial charge in [0.15, 0.2) is 0 Å². The SMILES string of the molecule is COC1=CCN2[C@@H](Cc3ccc(OC)cc3)[C@H](O)[C@H]3C[C@@]12CCC3=O. The van der Waals surface area contributed by atoms with Crippen LogP contribution in [0.5, 0.6) is 5.75 Å². The highest BCUT2D eigenvalue weighted by Gasteiger charge is 2.59. The van der Waals surface area contributed by atoms with Gasteiger partial charge in [-0.3, -0.25) is 9.69 Å². The molecule has 0 unspecified atom stereocenters. The zero-order valence-electron chi connectivity index (χ0n) is 14.8. The van der Waals surface area contributed by atoms with E-state index in [1.807, 2.05) is 24.3 Å². The number of Topliss-reactive ketones (excluding diaryl/α,β-unsaturated/α-hetero) is 1. The van der Waals surface area contributed by atoms with Crippen molar-refractivity contribution in [3.05, 3.63) is 41.7 Å². The molecule has 2 aliphatic heterocycles. The van der Waals surface area contributed by atoms with E-state index >= 15 is 0 Å². The van der Waals surface area contributed by atoms with Gasteiger partial charge in [0.05, 0.1) is 25.9 Å². The third-order valence-electron chi connectivity index (χ3n) is 6.27. The summed E-state index contributed by atoms with van der Waals surface area (Å²) in [5.41, 5.74) is 0.919. The fourth-order valence-corrected chi connectivity index (χ4v) is 4.99. The summed E-state index contributed by atoms with van der Waals surface area (Å²) in [5.74, 6) is 1.70. The molecule has 25 heavy (non-hydrogen) atoms.